The maximum atomic E-state index is 9.67. The Bertz CT molecular complexity index is 498. The van der Waals surface area contributed by atoms with Crippen molar-refractivity contribution in [3.8, 4) is 0 Å². The zero-order valence-electron chi connectivity index (χ0n) is 13.9. The fourth-order valence-corrected chi connectivity index (χ4v) is 2.49. The second-order valence-electron chi connectivity index (χ2n) is 7.07. The van der Waals surface area contributed by atoms with E-state index in [-0.39, 0.29) is 17.6 Å². The number of aliphatic hydroxyl groups is 1. The highest BCUT2D eigenvalue weighted by Crippen LogP contribution is 2.36. The van der Waals surface area contributed by atoms with Crippen molar-refractivity contribution in [1.29, 1.82) is 0 Å². The van der Waals surface area contributed by atoms with Crippen molar-refractivity contribution in [2.45, 2.75) is 64.8 Å². The zero-order valence-corrected chi connectivity index (χ0v) is 13.9. The van der Waals surface area contributed by atoms with Crippen molar-refractivity contribution in [2.24, 2.45) is 0 Å². The van der Waals surface area contributed by atoms with Crippen LogP contribution in [-0.4, -0.2) is 33.8 Å². The van der Waals surface area contributed by atoms with Crippen LogP contribution in [0.3, 0.4) is 0 Å². The molecular formula is C16H28N4O. The third-order valence-electron chi connectivity index (χ3n) is 4.16. The fraction of sp³-hybridized carbons (Fsp3) is 0.750. The van der Waals surface area contributed by atoms with Crippen molar-refractivity contribution >= 4 is 11.6 Å². The fourth-order valence-electron chi connectivity index (χ4n) is 2.49. The molecule has 1 fully saturated rings. The van der Waals surface area contributed by atoms with E-state index in [9.17, 15) is 5.11 Å². The molecule has 0 aliphatic heterocycles. The van der Waals surface area contributed by atoms with Gasteiger partial charge in [0.25, 0.3) is 0 Å². The lowest BCUT2D eigenvalue weighted by Gasteiger charge is -2.42. The van der Waals surface area contributed by atoms with Crippen molar-refractivity contribution in [3.63, 3.8) is 0 Å². The van der Waals surface area contributed by atoms with Crippen molar-refractivity contribution in [3.05, 3.63) is 11.4 Å². The quantitative estimate of drug-likeness (QED) is 0.778. The third-order valence-corrected chi connectivity index (χ3v) is 4.16. The first-order valence-corrected chi connectivity index (χ1v) is 7.83. The Balaban J connectivity index is 2.40. The van der Waals surface area contributed by atoms with Gasteiger partial charge in [0.2, 0.25) is 0 Å². The molecular weight excluding hydrogens is 264 g/mol. The van der Waals surface area contributed by atoms with Crippen molar-refractivity contribution in [1.82, 2.24) is 9.97 Å². The largest absolute Gasteiger partial charge is 0.394 e. The van der Waals surface area contributed by atoms with E-state index in [4.69, 9.17) is 4.98 Å². The van der Waals surface area contributed by atoms with Crippen LogP contribution in [0.2, 0.25) is 0 Å². The molecule has 5 nitrogen and oxygen atoms in total. The van der Waals surface area contributed by atoms with Gasteiger partial charge in [0.15, 0.2) is 0 Å². The number of hydrogen-bond donors (Lipinski definition) is 3. The van der Waals surface area contributed by atoms with E-state index in [2.05, 4.69) is 43.3 Å². The van der Waals surface area contributed by atoms with Crippen LogP contribution < -0.4 is 10.6 Å². The average Bonchev–Trinajstić information content (AvgIpc) is 2.36. The molecule has 1 aromatic heterocycles. The molecule has 0 saturated heterocycles. The Morgan fingerprint density at radius 2 is 1.81 bits per heavy atom. The average molecular weight is 292 g/mol. The molecule has 1 heterocycles. The number of nitrogens with one attached hydrogen (secondary N) is 2. The molecule has 1 saturated carbocycles. The van der Waals surface area contributed by atoms with Gasteiger partial charge < -0.3 is 15.7 Å². The van der Waals surface area contributed by atoms with E-state index in [1.165, 1.54) is 0 Å². The molecule has 1 aliphatic rings. The molecule has 0 spiro atoms. The Morgan fingerprint density at radius 3 is 2.24 bits per heavy atom. The SMILES string of the molecule is CCNc1nc(C(C)(C)C)nc(NC2(CO)CCC2)c1C. The lowest BCUT2D eigenvalue weighted by Crippen LogP contribution is -2.48. The van der Waals surface area contributed by atoms with Gasteiger partial charge in [-0.15, -0.1) is 0 Å². The minimum atomic E-state index is -0.197. The molecule has 0 aromatic carbocycles. The molecule has 0 atom stereocenters. The Kier molecular flexibility index (Phi) is 4.42. The summed E-state index contributed by atoms with van der Waals surface area (Å²) in [7, 11) is 0. The predicted molar refractivity (Wildman–Crippen MR) is 86.9 cm³/mol. The van der Waals surface area contributed by atoms with Crippen LogP contribution in [0.1, 0.15) is 58.3 Å². The molecule has 2 rings (SSSR count). The minimum absolute atomic E-state index is 0.111. The first-order chi connectivity index (χ1) is 9.81. The summed E-state index contributed by atoms with van der Waals surface area (Å²) < 4.78 is 0. The highest BCUT2D eigenvalue weighted by Gasteiger charge is 2.37. The van der Waals surface area contributed by atoms with E-state index in [1.807, 2.05) is 6.92 Å². The number of aliphatic hydroxyl groups excluding tert-OH is 1. The van der Waals surface area contributed by atoms with Gasteiger partial charge in [-0.05, 0) is 33.1 Å². The zero-order chi connectivity index (χ0) is 15.7. The first-order valence-electron chi connectivity index (χ1n) is 7.83. The molecule has 1 aliphatic carbocycles. The summed E-state index contributed by atoms with van der Waals surface area (Å²) in [4.78, 5) is 9.40. The van der Waals surface area contributed by atoms with Crippen LogP contribution in [0, 0.1) is 6.92 Å². The molecule has 0 radical (unpaired) electrons. The van der Waals surface area contributed by atoms with Gasteiger partial charge in [0.1, 0.15) is 17.5 Å². The second-order valence-corrected chi connectivity index (χ2v) is 7.07. The van der Waals surface area contributed by atoms with Crippen LogP contribution >= 0.6 is 0 Å². The summed E-state index contributed by atoms with van der Waals surface area (Å²) in [5, 5.41) is 16.5. The van der Waals surface area contributed by atoms with Gasteiger partial charge in [-0.3, -0.25) is 0 Å². The summed E-state index contributed by atoms with van der Waals surface area (Å²) in [6.45, 7) is 11.4. The molecule has 0 bridgehead atoms. The minimum Gasteiger partial charge on any atom is -0.394 e. The monoisotopic (exact) mass is 292 g/mol. The lowest BCUT2D eigenvalue weighted by atomic mass is 9.77. The van der Waals surface area contributed by atoms with Crippen LogP contribution in [0.4, 0.5) is 11.6 Å². The number of nitrogens with zero attached hydrogens (tertiary/aromatic N) is 2. The summed E-state index contributed by atoms with van der Waals surface area (Å²) >= 11 is 0. The smallest absolute Gasteiger partial charge is 0.138 e. The molecule has 21 heavy (non-hydrogen) atoms. The lowest BCUT2D eigenvalue weighted by molar-refractivity contribution is 0.143. The van der Waals surface area contributed by atoms with E-state index in [1.54, 1.807) is 0 Å². The topological polar surface area (TPSA) is 70.1 Å². The Hall–Kier alpha value is -1.36. The Morgan fingerprint density at radius 1 is 1.19 bits per heavy atom. The van der Waals surface area contributed by atoms with Gasteiger partial charge in [-0.2, -0.15) is 0 Å². The number of rotatable bonds is 5. The molecule has 0 amide bonds. The molecule has 1 aromatic rings. The van der Waals surface area contributed by atoms with E-state index < -0.39 is 0 Å². The molecule has 0 unspecified atom stereocenters. The van der Waals surface area contributed by atoms with Gasteiger partial charge in [-0.1, -0.05) is 20.8 Å². The molecule has 5 heteroatoms. The number of hydrogen-bond acceptors (Lipinski definition) is 5. The van der Waals surface area contributed by atoms with Crippen molar-refractivity contribution in [2.75, 3.05) is 23.8 Å². The highest BCUT2D eigenvalue weighted by atomic mass is 16.3. The van der Waals surface area contributed by atoms with Gasteiger partial charge in [0.05, 0.1) is 12.1 Å². The van der Waals surface area contributed by atoms with Crippen LogP contribution in [0.15, 0.2) is 0 Å². The normalized spacial score (nSPS) is 17.2. The van der Waals surface area contributed by atoms with Crippen molar-refractivity contribution < 1.29 is 5.11 Å². The van der Waals surface area contributed by atoms with E-state index in [0.717, 1.165) is 48.8 Å². The van der Waals surface area contributed by atoms with Gasteiger partial charge >= 0.3 is 0 Å². The first kappa shape index (κ1) is 16.0. The third kappa shape index (κ3) is 3.28. The summed E-state index contributed by atoms with van der Waals surface area (Å²) in [6.07, 6.45) is 3.15. The van der Waals surface area contributed by atoms with Gasteiger partial charge in [-0.25, -0.2) is 9.97 Å². The maximum Gasteiger partial charge on any atom is 0.138 e. The maximum absolute atomic E-state index is 9.67. The van der Waals surface area contributed by atoms with Crippen LogP contribution in [-0.2, 0) is 5.41 Å². The van der Waals surface area contributed by atoms with E-state index in [0.29, 0.717) is 0 Å². The summed E-state index contributed by atoms with van der Waals surface area (Å²) in [5.41, 5.74) is 0.711. The highest BCUT2D eigenvalue weighted by molar-refractivity contribution is 5.59. The predicted octanol–water partition coefficient (Wildman–Crippen LogP) is 2.84. The summed E-state index contributed by atoms with van der Waals surface area (Å²) in [6, 6.07) is 0. The van der Waals surface area contributed by atoms with Gasteiger partial charge in [0, 0.05) is 17.5 Å². The number of anilines is 2. The van der Waals surface area contributed by atoms with Crippen LogP contribution in [0.25, 0.3) is 0 Å². The molecule has 118 valence electrons. The van der Waals surface area contributed by atoms with E-state index >= 15 is 0 Å². The standard InChI is InChI=1S/C16H28N4O/c1-6-17-12-11(2)13(19-14(18-12)15(3,4)5)20-16(10-21)8-7-9-16/h21H,6-10H2,1-5H3,(H2,17,18,19,20). The summed E-state index contributed by atoms with van der Waals surface area (Å²) in [5.74, 6) is 2.55. The second kappa shape index (κ2) is 5.79. The number of aromatic nitrogens is 2. The molecule has 3 N–H and O–H groups in total. The Labute approximate surface area is 127 Å². The van der Waals surface area contributed by atoms with Crippen LogP contribution in [0.5, 0.6) is 0 Å².